The smallest absolute Gasteiger partial charge is 0.352 e. The summed E-state index contributed by atoms with van der Waals surface area (Å²) < 4.78 is 4.89. The van der Waals surface area contributed by atoms with Crippen molar-refractivity contribution in [2.75, 3.05) is 12.4 Å². The maximum Gasteiger partial charge on any atom is 0.352 e. The van der Waals surface area contributed by atoms with E-state index in [-0.39, 0.29) is 23.6 Å². The van der Waals surface area contributed by atoms with Gasteiger partial charge in [0.2, 0.25) is 5.91 Å². The number of carboxylic acids is 1. The molecule has 7 N–H and O–H groups in total. The van der Waals surface area contributed by atoms with E-state index in [1.165, 1.54) is 18.7 Å². The summed E-state index contributed by atoms with van der Waals surface area (Å²) in [6.45, 7) is 0.930. The van der Waals surface area contributed by atoms with Crippen molar-refractivity contribution in [2.24, 2.45) is 16.5 Å². The van der Waals surface area contributed by atoms with Crippen molar-refractivity contribution in [2.45, 2.75) is 24.4 Å². The van der Waals surface area contributed by atoms with Crippen LogP contribution >= 0.6 is 11.8 Å². The SMILES string of the molecule is CC(=O)OCC1=C(C(=O)O)N2C(=O)[C@@H](NC(=O)C(NC(=O)N=C(N)N)c3ccccc3)[C@H]2SC1. The molecule has 3 rings (SSSR count). The molecule has 1 unspecified atom stereocenters. The van der Waals surface area contributed by atoms with E-state index in [9.17, 15) is 29.1 Å². The number of aliphatic carboxylic acids is 1. The number of nitrogens with one attached hydrogen (secondary N) is 2. The lowest BCUT2D eigenvalue weighted by atomic mass is 10.0. The first-order chi connectivity index (χ1) is 16.1. The van der Waals surface area contributed by atoms with Gasteiger partial charge in [0.15, 0.2) is 5.96 Å². The van der Waals surface area contributed by atoms with Gasteiger partial charge in [-0.25, -0.2) is 9.59 Å². The lowest BCUT2D eigenvalue weighted by Crippen LogP contribution is -2.71. The second kappa shape index (κ2) is 10.2. The molecule has 0 spiro atoms. The zero-order chi connectivity index (χ0) is 25.0. The first-order valence-electron chi connectivity index (χ1n) is 9.89. The average molecular weight is 490 g/mol. The molecule has 0 bridgehead atoms. The van der Waals surface area contributed by atoms with Crippen LogP contribution in [-0.4, -0.2) is 69.5 Å². The normalized spacial score (nSPS) is 19.8. The number of benzene rings is 1. The number of nitrogens with two attached hydrogens (primary N) is 2. The Kier molecular flexibility index (Phi) is 7.40. The molecular weight excluding hydrogens is 468 g/mol. The average Bonchev–Trinajstić information content (AvgIpc) is 2.78. The molecule has 3 atom stereocenters. The van der Waals surface area contributed by atoms with Gasteiger partial charge in [-0.3, -0.25) is 19.3 Å². The van der Waals surface area contributed by atoms with E-state index in [0.29, 0.717) is 5.56 Å². The maximum absolute atomic E-state index is 13.0. The summed E-state index contributed by atoms with van der Waals surface area (Å²) in [5.74, 6) is -3.61. The first kappa shape index (κ1) is 24.6. The molecule has 1 aromatic carbocycles. The molecule has 1 saturated heterocycles. The molecule has 4 amide bonds. The highest BCUT2D eigenvalue weighted by atomic mass is 32.2. The zero-order valence-corrected chi connectivity index (χ0v) is 18.7. The van der Waals surface area contributed by atoms with E-state index in [2.05, 4.69) is 15.6 Å². The minimum Gasteiger partial charge on any atom is -0.477 e. The van der Waals surface area contributed by atoms with Crippen LogP contribution in [0.1, 0.15) is 18.5 Å². The number of hydrogen-bond donors (Lipinski definition) is 5. The van der Waals surface area contributed by atoms with E-state index < -0.39 is 53.2 Å². The number of urea groups is 1. The summed E-state index contributed by atoms with van der Waals surface area (Å²) in [5, 5.41) is 13.9. The van der Waals surface area contributed by atoms with Gasteiger partial charge in [-0.1, -0.05) is 30.3 Å². The highest BCUT2D eigenvalue weighted by molar-refractivity contribution is 8.00. The predicted molar refractivity (Wildman–Crippen MR) is 120 cm³/mol. The monoisotopic (exact) mass is 490 g/mol. The number of β-lactam (4-membered cyclic amide) rings is 1. The molecule has 13 nitrogen and oxygen atoms in total. The quantitative estimate of drug-likeness (QED) is 0.136. The third kappa shape index (κ3) is 5.28. The minimum absolute atomic E-state index is 0.180. The number of rotatable bonds is 7. The van der Waals surface area contributed by atoms with Crippen LogP contribution in [0.4, 0.5) is 4.79 Å². The van der Waals surface area contributed by atoms with Crippen LogP contribution in [0.15, 0.2) is 46.6 Å². The number of ether oxygens (including phenoxy) is 1. The number of carbonyl (C=O) groups is 5. The van der Waals surface area contributed by atoms with Crippen LogP contribution in [0.3, 0.4) is 0 Å². The summed E-state index contributed by atoms with van der Waals surface area (Å²) in [5.41, 5.74) is 10.8. The van der Waals surface area contributed by atoms with Crippen LogP contribution in [0.2, 0.25) is 0 Å². The van der Waals surface area contributed by atoms with E-state index in [4.69, 9.17) is 16.2 Å². The Morgan fingerprint density at radius 1 is 1.26 bits per heavy atom. The molecule has 0 radical (unpaired) electrons. The molecule has 1 aromatic rings. The third-order valence-electron chi connectivity index (χ3n) is 4.89. The molecule has 14 heteroatoms. The van der Waals surface area contributed by atoms with Crippen molar-refractivity contribution in [1.29, 1.82) is 0 Å². The standard InChI is InChI=1S/C20H22N6O7S/c1-9(27)33-7-11-8-34-17-13(16(29)26(17)14(11)18(30)31)23-15(28)12(10-5-3-2-4-6-10)24-20(32)25-19(21)22/h2-6,12-13,17H,7-8H2,1H3,(H,23,28)(H,30,31)(H5,21,22,24,25,32)/t12?,13-,17-/m1/s1. The Labute approximate surface area is 197 Å². The van der Waals surface area contributed by atoms with Crippen molar-refractivity contribution in [3.05, 3.63) is 47.2 Å². The topological polar surface area (TPSA) is 207 Å². The van der Waals surface area contributed by atoms with Crippen molar-refractivity contribution in [3.8, 4) is 0 Å². The number of amides is 4. The highest BCUT2D eigenvalue weighted by Gasteiger charge is 2.54. The van der Waals surface area contributed by atoms with Crippen LogP contribution in [-0.2, 0) is 23.9 Å². The van der Waals surface area contributed by atoms with Crippen LogP contribution in [0, 0.1) is 0 Å². The number of aliphatic imine (C=N–C) groups is 1. The van der Waals surface area contributed by atoms with Gasteiger partial charge in [0.25, 0.3) is 5.91 Å². The van der Waals surface area contributed by atoms with Gasteiger partial charge in [-0.2, -0.15) is 4.99 Å². The summed E-state index contributed by atoms with van der Waals surface area (Å²) in [7, 11) is 0. The fraction of sp³-hybridized carbons (Fsp3) is 0.300. The highest BCUT2D eigenvalue weighted by Crippen LogP contribution is 2.40. The first-order valence-corrected chi connectivity index (χ1v) is 10.9. The third-order valence-corrected chi connectivity index (χ3v) is 6.23. The minimum atomic E-state index is -1.35. The van der Waals surface area contributed by atoms with Gasteiger partial charge in [0.05, 0.1) is 0 Å². The Hall–Kier alpha value is -4.07. The molecule has 2 aliphatic rings. The summed E-state index contributed by atoms with van der Waals surface area (Å²) in [6.07, 6.45) is 0. The Balaban J connectivity index is 1.78. The number of carbonyl (C=O) groups excluding carboxylic acids is 4. The van der Waals surface area contributed by atoms with Gasteiger partial charge in [0, 0.05) is 18.2 Å². The van der Waals surface area contributed by atoms with Crippen LogP contribution < -0.4 is 22.1 Å². The Bertz CT molecular complexity index is 1090. The Morgan fingerprint density at radius 3 is 2.53 bits per heavy atom. The molecule has 34 heavy (non-hydrogen) atoms. The Morgan fingerprint density at radius 2 is 1.94 bits per heavy atom. The van der Waals surface area contributed by atoms with Gasteiger partial charge in [0.1, 0.15) is 29.8 Å². The fourth-order valence-corrected chi connectivity index (χ4v) is 4.77. The summed E-state index contributed by atoms with van der Waals surface area (Å²) >= 11 is 1.21. The second-order valence-electron chi connectivity index (χ2n) is 7.26. The van der Waals surface area contributed by atoms with Crippen LogP contribution in [0.25, 0.3) is 0 Å². The summed E-state index contributed by atoms with van der Waals surface area (Å²) in [4.78, 5) is 65.2. The van der Waals surface area contributed by atoms with Crippen LogP contribution in [0.5, 0.6) is 0 Å². The molecular formula is C20H22N6O7S. The lowest BCUT2D eigenvalue weighted by molar-refractivity contribution is -0.151. The number of fused-ring (bicyclic) bond motifs is 1. The lowest BCUT2D eigenvalue weighted by Gasteiger charge is -2.49. The van der Waals surface area contributed by atoms with Crippen molar-refractivity contribution >= 4 is 47.5 Å². The number of hydrogen-bond acceptors (Lipinski definition) is 7. The number of esters is 1. The fourth-order valence-electron chi connectivity index (χ4n) is 3.44. The van der Waals surface area contributed by atoms with E-state index in [1.807, 2.05) is 0 Å². The number of thioether (sulfide) groups is 1. The van der Waals surface area contributed by atoms with E-state index in [1.54, 1.807) is 30.3 Å². The van der Waals surface area contributed by atoms with Gasteiger partial charge in [-0.15, -0.1) is 11.8 Å². The van der Waals surface area contributed by atoms with Gasteiger partial charge < -0.3 is 31.9 Å². The molecule has 0 saturated carbocycles. The van der Waals surface area contributed by atoms with E-state index >= 15 is 0 Å². The molecule has 0 aromatic heterocycles. The molecule has 1 fully saturated rings. The van der Waals surface area contributed by atoms with Crippen molar-refractivity contribution < 1.29 is 33.8 Å². The molecule has 0 aliphatic carbocycles. The van der Waals surface area contributed by atoms with E-state index in [0.717, 1.165) is 4.90 Å². The number of guanidine groups is 1. The largest absolute Gasteiger partial charge is 0.477 e. The molecule has 2 aliphatic heterocycles. The summed E-state index contributed by atoms with van der Waals surface area (Å²) in [6, 6.07) is 5.01. The predicted octanol–water partition coefficient (Wildman–Crippen LogP) is -0.988. The second-order valence-corrected chi connectivity index (χ2v) is 8.37. The zero-order valence-electron chi connectivity index (χ0n) is 17.9. The number of nitrogens with zero attached hydrogens (tertiary/aromatic N) is 2. The van der Waals surface area contributed by atoms with Gasteiger partial charge >= 0.3 is 18.0 Å². The maximum atomic E-state index is 13.0. The molecule has 180 valence electrons. The molecule has 2 heterocycles. The van der Waals surface area contributed by atoms with Crippen molar-refractivity contribution in [3.63, 3.8) is 0 Å². The van der Waals surface area contributed by atoms with Crippen molar-refractivity contribution in [1.82, 2.24) is 15.5 Å². The number of carboxylic acid groups (broad SMARTS) is 1. The van der Waals surface area contributed by atoms with Gasteiger partial charge in [-0.05, 0) is 5.56 Å².